The number of piperidine rings is 1. The van der Waals surface area contributed by atoms with Gasteiger partial charge >= 0.3 is 0 Å². The van der Waals surface area contributed by atoms with Gasteiger partial charge in [0.15, 0.2) is 5.13 Å². The van der Waals surface area contributed by atoms with Crippen molar-refractivity contribution in [1.29, 1.82) is 0 Å². The van der Waals surface area contributed by atoms with E-state index in [2.05, 4.69) is 32.6 Å². The van der Waals surface area contributed by atoms with E-state index in [9.17, 15) is 5.11 Å². The van der Waals surface area contributed by atoms with Crippen molar-refractivity contribution in [3.63, 3.8) is 0 Å². The molecule has 1 N–H and O–H groups in total. The molecule has 0 saturated carbocycles. The van der Waals surface area contributed by atoms with E-state index in [1.54, 1.807) is 11.3 Å². The van der Waals surface area contributed by atoms with Crippen LogP contribution < -0.4 is 4.90 Å². The van der Waals surface area contributed by atoms with Crippen molar-refractivity contribution < 1.29 is 5.11 Å². The SMILES string of the molecule is CC1CCC(C)N(c2nc(C(C)C)c(CO)s2)C1. The minimum absolute atomic E-state index is 0.114. The number of rotatable bonds is 3. The third kappa shape index (κ3) is 2.69. The van der Waals surface area contributed by atoms with Gasteiger partial charge in [-0.3, -0.25) is 0 Å². The molecular weight excluding hydrogens is 244 g/mol. The first-order valence-corrected chi connectivity index (χ1v) is 7.71. The molecule has 1 aliphatic rings. The Balaban J connectivity index is 2.27. The molecule has 4 heteroatoms. The van der Waals surface area contributed by atoms with Crippen LogP contribution in [0.2, 0.25) is 0 Å². The molecule has 0 amide bonds. The minimum Gasteiger partial charge on any atom is -0.391 e. The van der Waals surface area contributed by atoms with E-state index in [0.29, 0.717) is 12.0 Å². The van der Waals surface area contributed by atoms with Crippen LogP contribution in [-0.4, -0.2) is 22.7 Å². The second-order valence-electron chi connectivity index (χ2n) is 5.80. The van der Waals surface area contributed by atoms with Crippen molar-refractivity contribution in [3.8, 4) is 0 Å². The summed E-state index contributed by atoms with van der Waals surface area (Å²) in [5.41, 5.74) is 1.07. The maximum Gasteiger partial charge on any atom is 0.186 e. The van der Waals surface area contributed by atoms with Gasteiger partial charge in [0.1, 0.15) is 0 Å². The topological polar surface area (TPSA) is 36.4 Å². The third-order valence-electron chi connectivity index (χ3n) is 3.77. The summed E-state index contributed by atoms with van der Waals surface area (Å²) in [5, 5.41) is 10.5. The molecule has 0 bridgehead atoms. The fourth-order valence-electron chi connectivity index (χ4n) is 2.59. The van der Waals surface area contributed by atoms with Crippen molar-refractivity contribution in [2.75, 3.05) is 11.4 Å². The molecule has 102 valence electrons. The molecule has 18 heavy (non-hydrogen) atoms. The Labute approximate surface area is 114 Å². The lowest BCUT2D eigenvalue weighted by Crippen LogP contribution is -2.41. The average Bonchev–Trinajstić information content (AvgIpc) is 2.76. The van der Waals surface area contributed by atoms with Crippen LogP contribution >= 0.6 is 11.3 Å². The molecule has 1 aromatic heterocycles. The van der Waals surface area contributed by atoms with Crippen LogP contribution in [0.1, 0.15) is 57.0 Å². The van der Waals surface area contributed by atoms with Crippen molar-refractivity contribution in [1.82, 2.24) is 4.98 Å². The summed E-state index contributed by atoms with van der Waals surface area (Å²) >= 11 is 1.66. The predicted molar refractivity (Wildman–Crippen MR) is 77.3 cm³/mol. The van der Waals surface area contributed by atoms with E-state index in [1.807, 2.05) is 0 Å². The van der Waals surface area contributed by atoms with Gasteiger partial charge in [0.2, 0.25) is 0 Å². The van der Waals surface area contributed by atoms with Crippen molar-refractivity contribution in [2.45, 2.75) is 59.1 Å². The number of nitrogens with zero attached hydrogens (tertiary/aromatic N) is 2. The molecule has 1 fully saturated rings. The highest BCUT2D eigenvalue weighted by atomic mass is 32.1. The van der Waals surface area contributed by atoms with Gasteiger partial charge in [0.25, 0.3) is 0 Å². The highest BCUT2D eigenvalue weighted by Crippen LogP contribution is 2.34. The first kappa shape index (κ1) is 13.8. The van der Waals surface area contributed by atoms with Gasteiger partial charge in [-0.25, -0.2) is 4.98 Å². The Morgan fingerprint density at radius 2 is 2.11 bits per heavy atom. The molecule has 0 aliphatic carbocycles. The number of aliphatic hydroxyl groups is 1. The van der Waals surface area contributed by atoms with Gasteiger partial charge < -0.3 is 10.0 Å². The monoisotopic (exact) mass is 268 g/mol. The molecule has 1 aromatic rings. The molecule has 1 saturated heterocycles. The summed E-state index contributed by atoms with van der Waals surface area (Å²) in [6, 6.07) is 0.568. The van der Waals surface area contributed by atoms with Crippen molar-refractivity contribution in [2.24, 2.45) is 5.92 Å². The predicted octanol–water partition coefficient (Wildman–Crippen LogP) is 3.38. The summed E-state index contributed by atoms with van der Waals surface area (Å²) in [6.45, 7) is 10.1. The Kier molecular flexibility index (Phi) is 4.28. The van der Waals surface area contributed by atoms with Crippen LogP contribution in [0.25, 0.3) is 0 Å². The van der Waals surface area contributed by atoms with Gasteiger partial charge in [-0.1, -0.05) is 32.1 Å². The normalized spacial score (nSPS) is 24.9. The fraction of sp³-hybridized carbons (Fsp3) is 0.786. The Morgan fingerprint density at radius 3 is 2.67 bits per heavy atom. The summed E-state index contributed by atoms with van der Waals surface area (Å²) in [6.07, 6.45) is 2.55. The van der Waals surface area contributed by atoms with E-state index in [-0.39, 0.29) is 6.61 Å². The summed E-state index contributed by atoms with van der Waals surface area (Å²) < 4.78 is 0. The highest BCUT2D eigenvalue weighted by Gasteiger charge is 2.26. The molecular formula is C14H24N2OS. The number of hydrogen-bond donors (Lipinski definition) is 1. The summed E-state index contributed by atoms with van der Waals surface area (Å²) in [4.78, 5) is 8.23. The zero-order chi connectivity index (χ0) is 13.3. The Morgan fingerprint density at radius 1 is 1.39 bits per heavy atom. The second-order valence-corrected chi connectivity index (χ2v) is 6.86. The van der Waals surface area contributed by atoms with Gasteiger partial charge in [-0.2, -0.15) is 0 Å². The maximum absolute atomic E-state index is 9.45. The molecule has 1 aliphatic heterocycles. The molecule has 0 radical (unpaired) electrons. The Hall–Kier alpha value is -0.610. The molecule has 2 atom stereocenters. The highest BCUT2D eigenvalue weighted by molar-refractivity contribution is 7.15. The van der Waals surface area contributed by atoms with Gasteiger partial charge in [0, 0.05) is 12.6 Å². The van der Waals surface area contributed by atoms with Crippen LogP contribution in [0, 0.1) is 5.92 Å². The zero-order valence-corrected chi connectivity index (χ0v) is 12.6. The molecule has 2 heterocycles. The first-order valence-electron chi connectivity index (χ1n) is 6.90. The standard InChI is InChI=1S/C14H24N2OS/c1-9(2)13-12(8-17)18-14(15-13)16-7-10(3)5-6-11(16)4/h9-11,17H,5-8H2,1-4H3. The molecule has 0 spiro atoms. The largest absolute Gasteiger partial charge is 0.391 e. The average molecular weight is 268 g/mol. The first-order chi connectivity index (χ1) is 8.52. The number of anilines is 1. The van der Waals surface area contributed by atoms with Gasteiger partial charge in [-0.05, 0) is 31.6 Å². The van der Waals surface area contributed by atoms with Crippen LogP contribution in [0.5, 0.6) is 0 Å². The molecule has 2 rings (SSSR count). The van der Waals surface area contributed by atoms with Crippen LogP contribution in [-0.2, 0) is 6.61 Å². The zero-order valence-electron chi connectivity index (χ0n) is 11.8. The van der Waals surface area contributed by atoms with Crippen LogP contribution in [0.4, 0.5) is 5.13 Å². The van der Waals surface area contributed by atoms with Crippen molar-refractivity contribution in [3.05, 3.63) is 10.6 Å². The number of aromatic nitrogens is 1. The number of hydrogen-bond acceptors (Lipinski definition) is 4. The van der Waals surface area contributed by atoms with Crippen molar-refractivity contribution >= 4 is 16.5 Å². The van der Waals surface area contributed by atoms with Gasteiger partial charge in [-0.15, -0.1) is 0 Å². The lowest BCUT2D eigenvalue weighted by molar-refractivity contribution is 0.283. The quantitative estimate of drug-likeness (QED) is 0.913. The van der Waals surface area contributed by atoms with E-state index >= 15 is 0 Å². The third-order valence-corrected chi connectivity index (χ3v) is 4.86. The maximum atomic E-state index is 9.45. The van der Waals surface area contributed by atoms with Crippen LogP contribution in [0.15, 0.2) is 0 Å². The molecule has 0 aromatic carbocycles. The second kappa shape index (κ2) is 5.57. The summed E-state index contributed by atoms with van der Waals surface area (Å²) in [5.74, 6) is 1.12. The van der Waals surface area contributed by atoms with E-state index in [1.165, 1.54) is 12.8 Å². The molecule has 3 nitrogen and oxygen atoms in total. The lowest BCUT2D eigenvalue weighted by Gasteiger charge is -2.36. The van der Waals surface area contributed by atoms with Gasteiger partial charge in [0.05, 0.1) is 17.2 Å². The van der Waals surface area contributed by atoms with Crippen LogP contribution in [0.3, 0.4) is 0 Å². The van der Waals surface area contributed by atoms with E-state index in [4.69, 9.17) is 4.98 Å². The smallest absolute Gasteiger partial charge is 0.186 e. The van der Waals surface area contributed by atoms with E-state index < -0.39 is 0 Å². The molecule has 2 unspecified atom stereocenters. The Bertz CT molecular complexity index is 402. The van der Waals surface area contributed by atoms with E-state index in [0.717, 1.165) is 28.2 Å². The minimum atomic E-state index is 0.114. The number of thiazole rings is 1. The number of aliphatic hydroxyl groups excluding tert-OH is 1. The fourth-order valence-corrected chi connectivity index (χ4v) is 3.78. The lowest BCUT2D eigenvalue weighted by atomic mass is 9.96. The summed E-state index contributed by atoms with van der Waals surface area (Å²) in [7, 11) is 0.